The van der Waals surface area contributed by atoms with Gasteiger partial charge in [0, 0.05) is 21.0 Å². The standard InChI is InChI=1S/C19H16BrClN4S/c1-2-26-15-9-5-8-14-18(15)19(12-6-3-4-7-13(12)21)22-11-17-24-23-16(10-20)25(14)17/h3-9H,2,10-11H2,1H3. The molecule has 0 atom stereocenters. The number of aliphatic imine (C=N–C) groups is 1. The molecule has 0 amide bonds. The Balaban J connectivity index is 2.03. The van der Waals surface area contributed by atoms with Crippen LogP contribution in [0.25, 0.3) is 5.69 Å². The smallest absolute Gasteiger partial charge is 0.159 e. The number of benzene rings is 2. The largest absolute Gasteiger partial charge is 0.280 e. The third kappa shape index (κ3) is 3.00. The highest BCUT2D eigenvalue weighted by Crippen LogP contribution is 2.35. The van der Waals surface area contributed by atoms with Gasteiger partial charge >= 0.3 is 0 Å². The molecule has 0 bridgehead atoms. The second-order valence-electron chi connectivity index (χ2n) is 5.73. The number of hydrogen-bond acceptors (Lipinski definition) is 4. The van der Waals surface area contributed by atoms with Crippen LogP contribution < -0.4 is 0 Å². The van der Waals surface area contributed by atoms with Gasteiger partial charge in [-0.2, -0.15) is 0 Å². The van der Waals surface area contributed by atoms with Crippen LogP contribution in [0.2, 0.25) is 5.02 Å². The van der Waals surface area contributed by atoms with E-state index in [0.717, 1.165) is 39.9 Å². The van der Waals surface area contributed by atoms with E-state index < -0.39 is 0 Å². The molecule has 0 N–H and O–H groups in total. The fraction of sp³-hybridized carbons (Fsp3) is 0.211. The van der Waals surface area contributed by atoms with E-state index in [4.69, 9.17) is 16.6 Å². The van der Waals surface area contributed by atoms with Crippen molar-refractivity contribution in [1.82, 2.24) is 14.8 Å². The predicted molar refractivity (Wildman–Crippen MR) is 111 cm³/mol. The Hall–Kier alpha value is -1.63. The first kappa shape index (κ1) is 17.8. The molecule has 3 aromatic rings. The van der Waals surface area contributed by atoms with Gasteiger partial charge in [-0.3, -0.25) is 9.56 Å². The first-order chi connectivity index (χ1) is 12.7. The van der Waals surface area contributed by atoms with Crippen molar-refractivity contribution in [3.05, 3.63) is 70.3 Å². The molecule has 0 unspecified atom stereocenters. The van der Waals surface area contributed by atoms with Crippen LogP contribution in [0.4, 0.5) is 0 Å². The van der Waals surface area contributed by atoms with E-state index in [-0.39, 0.29) is 0 Å². The summed E-state index contributed by atoms with van der Waals surface area (Å²) < 4.78 is 2.11. The Labute approximate surface area is 169 Å². The van der Waals surface area contributed by atoms with Crippen LogP contribution in [0.1, 0.15) is 29.7 Å². The van der Waals surface area contributed by atoms with Crippen LogP contribution in [-0.4, -0.2) is 26.2 Å². The van der Waals surface area contributed by atoms with Gasteiger partial charge in [0.2, 0.25) is 0 Å². The Bertz CT molecular complexity index is 999. The minimum absolute atomic E-state index is 0.464. The maximum Gasteiger partial charge on any atom is 0.159 e. The normalized spacial score (nSPS) is 13.0. The minimum atomic E-state index is 0.464. The number of nitrogens with zero attached hydrogens (tertiary/aromatic N) is 4. The summed E-state index contributed by atoms with van der Waals surface area (Å²) in [4.78, 5) is 6.09. The molecule has 2 aromatic carbocycles. The summed E-state index contributed by atoms with van der Waals surface area (Å²) in [5, 5.41) is 9.99. The topological polar surface area (TPSA) is 43.1 Å². The Kier molecular flexibility index (Phi) is 5.16. The zero-order valence-corrected chi connectivity index (χ0v) is 17.3. The third-order valence-corrected chi connectivity index (χ3v) is 5.98. The highest BCUT2D eigenvalue weighted by molar-refractivity contribution is 9.08. The molecule has 0 saturated heterocycles. The van der Waals surface area contributed by atoms with Gasteiger partial charge in [0.05, 0.1) is 16.7 Å². The average Bonchev–Trinajstić information content (AvgIpc) is 2.99. The van der Waals surface area contributed by atoms with E-state index in [2.05, 4.69) is 55.8 Å². The summed E-state index contributed by atoms with van der Waals surface area (Å²) >= 11 is 11.9. The Morgan fingerprint density at radius 2 is 2.00 bits per heavy atom. The number of rotatable bonds is 4. The molecule has 0 radical (unpaired) electrons. The number of halogens is 2. The zero-order valence-electron chi connectivity index (χ0n) is 14.1. The molecule has 26 heavy (non-hydrogen) atoms. The van der Waals surface area contributed by atoms with Crippen LogP contribution in [0.15, 0.2) is 52.4 Å². The van der Waals surface area contributed by atoms with Gasteiger partial charge in [-0.05, 0) is 24.0 Å². The molecule has 0 aliphatic carbocycles. The lowest BCUT2D eigenvalue weighted by Gasteiger charge is -2.17. The van der Waals surface area contributed by atoms with Crippen molar-refractivity contribution in [2.75, 3.05) is 5.75 Å². The van der Waals surface area contributed by atoms with Crippen molar-refractivity contribution < 1.29 is 0 Å². The van der Waals surface area contributed by atoms with Gasteiger partial charge < -0.3 is 0 Å². The number of thioether (sulfide) groups is 1. The van der Waals surface area contributed by atoms with Gasteiger partial charge in [0.1, 0.15) is 12.4 Å². The first-order valence-electron chi connectivity index (χ1n) is 8.29. The second kappa shape index (κ2) is 7.55. The van der Waals surface area contributed by atoms with E-state index in [1.54, 1.807) is 11.8 Å². The highest BCUT2D eigenvalue weighted by atomic mass is 79.9. The SMILES string of the molecule is CCSc1cccc2c1C(c1ccccc1Cl)=NCc1nnc(CBr)n1-2. The summed E-state index contributed by atoms with van der Waals surface area (Å²) in [5.74, 6) is 2.68. The lowest BCUT2D eigenvalue weighted by molar-refractivity contribution is 0.859. The van der Waals surface area contributed by atoms with Gasteiger partial charge in [-0.25, -0.2) is 0 Å². The van der Waals surface area contributed by atoms with E-state index in [1.165, 1.54) is 4.90 Å². The van der Waals surface area contributed by atoms with Crippen molar-refractivity contribution in [3.63, 3.8) is 0 Å². The number of alkyl halides is 1. The van der Waals surface area contributed by atoms with Crippen molar-refractivity contribution in [2.45, 2.75) is 23.7 Å². The third-order valence-electron chi connectivity index (χ3n) is 4.21. The Morgan fingerprint density at radius 1 is 1.15 bits per heavy atom. The number of hydrogen-bond donors (Lipinski definition) is 0. The fourth-order valence-electron chi connectivity index (χ4n) is 3.14. The molecule has 2 heterocycles. The summed E-state index contributed by atoms with van der Waals surface area (Å²) in [5.41, 5.74) is 3.99. The van der Waals surface area contributed by atoms with E-state index in [0.29, 0.717) is 16.9 Å². The van der Waals surface area contributed by atoms with Crippen LogP contribution in [0.5, 0.6) is 0 Å². The summed E-state index contributed by atoms with van der Waals surface area (Å²) in [6.07, 6.45) is 0. The lowest BCUT2D eigenvalue weighted by atomic mass is 10.00. The van der Waals surface area contributed by atoms with Gasteiger partial charge in [0.15, 0.2) is 5.82 Å². The molecule has 0 fully saturated rings. The summed E-state index contributed by atoms with van der Waals surface area (Å²) in [6.45, 7) is 2.62. The zero-order chi connectivity index (χ0) is 18.1. The average molecular weight is 448 g/mol. The molecule has 1 aromatic heterocycles. The molecular formula is C19H16BrClN4S. The molecule has 0 spiro atoms. The van der Waals surface area contributed by atoms with Crippen molar-refractivity contribution in [2.24, 2.45) is 4.99 Å². The van der Waals surface area contributed by atoms with Crippen molar-refractivity contribution >= 4 is 45.0 Å². The monoisotopic (exact) mass is 446 g/mol. The fourth-order valence-corrected chi connectivity index (χ4v) is 4.56. The summed E-state index contributed by atoms with van der Waals surface area (Å²) in [6, 6.07) is 14.2. The molecule has 1 aliphatic heterocycles. The molecule has 1 aliphatic rings. The second-order valence-corrected chi connectivity index (χ2v) is 8.00. The maximum absolute atomic E-state index is 6.52. The number of fused-ring (bicyclic) bond motifs is 3. The Morgan fingerprint density at radius 3 is 2.77 bits per heavy atom. The van der Waals surface area contributed by atoms with Crippen LogP contribution in [-0.2, 0) is 11.9 Å². The van der Waals surface area contributed by atoms with Crippen LogP contribution in [0.3, 0.4) is 0 Å². The van der Waals surface area contributed by atoms with E-state index in [1.807, 2.05) is 24.3 Å². The van der Waals surface area contributed by atoms with Gasteiger partial charge in [0.25, 0.3) is 0 Å². The maximum atomic E-state index is 6.52. The molecule has 132 valence electrons. The molecule has 4 nitrogen and oxygen atoms in total. The van der Waals surface area contributed by atoms with Crippen molar-refractivity contribution in [3.8, 4) is 5.69 Å². The lowest BCUT2D eigenvalue weighted by Crippen LogP contribution is -2.11. The first-order valence-corrected chi connectivity index (χ1v) is 10.8. The van der Waals surface area contributed by atoms with Gasteiger partial charge in [-0.1, -0.05) is 58.7 Å². The number of aromatic nitrogens is 3. The van der Waals surface area contributed by atoms with Gasteiger partial charge in [-0.15, -0.1) is 22.0 Å². The van der Waals surface area contributed by atoms with Crippen molar-refractivity contribution in [1.29, 1.82) is 0 Å². The molecule has 7 heteroatoms. The molecule has 4 rings (SSSR count). The van der Waals surface area contributed by atoms with Crippen LogP contribution in [0, 0.1) is 0 Å². The van der Waals surface area contributed by atoms with E-state index >= 15 is 0 Å². The molecular weight excluding hydrogens is 432 g/mol. The quantitative estimate of drug-likeness (QED) is 0.404. The van der Waals surface area contributed by atoms with E-state index in [9.17, 15) is 0 Å². The minimum Gasteiger partial charge on any atom is -0.280 e. The van der Waals surface area contributed by atoms with Crippen LogP contribution >= 0.6 is 39.3 Å². The predicted octanol–water partition coefficient (Wildman–Crippen LogP) is 5.28. The summed E-state index contributed by atoms with van der Waals surface area (Å²) in [7, 11) is 0. The highest BCUT2D eigenvalue weighted by Gasteiger charge is 2.25. The molecule has 0 saturated carbocycles.